The van der Waals surface area contributed by atoms with Crippen LogP contribution in [0.15, 0.2) is 241 Å². The van der Waals surface area contributed by atoms with Crippen LogP contribution in [0, 0.1) is 0 Å². The summed E-state index contributed by atoms with van der Waals surface area (Å²) in [5, 5.41) is 9.59. The molecule has 1 heterocycles. The molecular formula is C60H39NO. The first-order chi connectivity index (χ1) is 30.7. The molecule has 0 spiro atoms. The Bertz CT molecular complexity index is 3630. The number of anilines is 3. The van der Waals surface area contributed by atoms with E-state index < -0.39 is 0 Å². The van der Waals surface area contributed by atoms with E-state index in [2.05, 4.69) is 241 Å². The predicted octanol–water partition coefficient (Wildman–Crippen LogP) is 17.2. The zero-order valence-corrected chi connectivity index (χ0v) is 33.9. The first-order valence-electron chi connectivity index (χ1n) is 21.2. The van der Waals surface area contributed by atoms with E-state index in [4.69, 9.17) is 4.42 Å². The third kappa shape index (κ3) is 6.20. The highest BCUT2D eigenvalue weighted by molar-refractivity contribution is 6.16. The minimum absolute atomic E-state index is 0.879. The Hall–Kier alpha value is -8.20. The van der Waals surface area contributed by atoms with Crippen molar-refractivity contribution in [3.8, 4) is 44.5 Å². The van der Waals surface area contributed by atoms with Gasteiger partial charge in [0.15, 0.2) is 0 Å². The number of fused-ring (bicyclic) bond motifs is 6. The van der Waals surface area contributed by atoms with Crippen molar-refractivity contribution in [2.75, 3.05) is 4.90 Å². The Labute approximate surface area is 360 Å². The number of hydrogen-bond acceptors (Lipinski definition) is 2. The highest BCUT2D eigenvalue weighted by Gasteiger charge is 2.21. The van der Waals surface area contributed by atoms with Gasteiger partial charge in [-0.05, 0) is 132 Å². The van der Waals surface area contributed by atoms with Crippen molar-refractivity contribution in [2.24, 2.45) is 0 Å². The van der Waals surface area contributed by atoms with Gasteiger partial charge >= 0.3 is 0 Å². The molecule has 12 aromatic rings. The van der Waals surface area contributed by atoms with Crippen molar-refractivity contribution >= 4 is 71.3 Å². The lowest BCUT2D eigenvalue weighted by Crippen LogP contribution is -2.11. The van der Waals surface area contributed by atoms with Gasteiger partial charge < -0.3 is 9.32 Å². The topological polar surface area (TPSA) is 16.4 Å². The van der Waals surface area contributed by atoms with Crippen molar-refractivity contribution in [1.29, 1.82) is 0 Å². The molecule has 0 saturated heterocycles. The zero-order valence-electron chi connectivity index (χ0n) is 33.9. The van der Waals surface area contributed by atoms with Crippen LogP contribution >= 0.6 is 0 Å². The number of para-hydroxylation sites is 1. The van der Waals surface area contributed by atoms with Gasteiger partial charge in [0.2, 0.25) is 0 Å². The normalized spacial score (nSPS) is 11.5. The van der Waals surface area contributed by atoms with E-state index in [-0.39, 0.29) is 0 Å². The van der Waals surface area contributed by atoms with Crippen LogP contribution in [0.5, 0.6) is 0 Å². The molecule has 0 bridgehead atoms. The minimum Gasteiger partial charge on any atom is -0.456 e. The molecule has 0 aliphatic rings. The number of benzene rings is 11. The molecule has 0 unspecified atom stereocenters. The van der Waals surface area contributed by atoms with Crippen molar-refractivity contribution in [1.82, 2.24) is 0 Å². The molecule has 0 N–H and O–H groups in total. The van der Waals surface area contributed by atoms with E-state index in [0.29, 0.717) is 0 Å². The maximum Gasteiger partial charge on any atom is 0.136 e. The third-order valence-electron chi connectivity index (χ3n) is 12.4. The van der Waals surface area contributed by atoms with Gasteiger partial charge in [0.05, 0.1) is 5.69 Å². The molecule has 0 radical (unpaired) electrons. The van der Waals surface area contributed by atoms with Crippen LogP contribution in [0.2, 0.25) is 0 Å². The highest BCUT2D eigenvalue weighted by atomic mass is 16.3. The van der Waals surface area contributed by atoms with Gasteiger partial charge in [-0.2, -0.15) is 0 Å². The van der Waals surface area contributed by atoms with Crippen LogP contribution < -0.4 is 4.90 Å². The van der Waals surface area contributed by atoms with Crippen molar-refractivity contribution in [3.63, 3.8) is 0 Å². The Morgan fingerprint density at radius 3 is 1.58 bits per heavy atom. The fourth-order valence-corrected chi connectivity index (χ4v) is 9.38. The Kier molecular flexibility index (Phi) is 8.53. The lowest BCUT2D eigenvalue weighted by atomic mass is 9.95. The number of rotatable bonds is 7. The fraction of sp³-hybridized carbons (Fsp3) is 0. The summed E-state index contributed by atoms with van der Waals surface area (Å²) in [7, 11) is 0. The molecule has 0 amide bonds. The molecular weight excluding hydrogens is 751 g/mol. The Balaban J connectivity index is 0.993. The van der Waals surface area contributed by atoms with Crippen LogP contribution in [0.3, 0.4) is 0 Å². The van der Waals surface area contributed by atoms with E-state index in [9.17, 15) is 0 Å². The summed E-state index contributed by atoms with van der Waals surface area (Å²) in [5.41, 5.74) is 14.4. The summed E-state index contributed by atoms with van der Waals surface area (Å²) in [6.45, 7) is 0. The van der Waals surface area contributed by atoms with E-state index >= 15 is 0 Å². The fourth-order valence-electron chi connectivity index (χ4n) is 9.38. The minimum atomic E-state index is 0.879. The molecule has 0 aliphatic carbocycles. The van der Waals surface area contributed by atoms with Gasteiger partial charge in [0, 0.05) is 27.7 Å². The summed E-state index contributed by atoms with van der Waals surface area (Å²) < 4.78 is 6.57. The van der Waals surface area contributed by atoms with Crippen LogP contribution in [0.25, 0.3) is 98.8 Å². The van der Waals surface area contributed by atoms with Gasteiger partial charge in [0.1, 0.15) is 11.2 Å². The first-order valence-corrected chi connectivity index (χ1v) is 21.2. The molecule has 0 saturated carbocycles. The van der Waals surface area contributed by atoms with Crippen molar-refractivity contribution < 1.29 is 4.42 Å². The molecule has 0 fully saturated rings. The Morgan fingerprint density at radius 1 is 0.274 bits per heavy atom. The number of nitrogens with zero attached hydrogens (tertiary/aromatic N) is 1. The zero-order chi connectivity index (χ0) is 41.0. The first kappa shape index (κ1) is 35.7. The van der Waals surface area contributed by atoms with Crippen LogP contribution in [0.1, 0.15) is 0 Å². The summed E-state index contributed by atoms with van der Waals surface area (Å²) in [5.74, 6) is 0. The maximum absolute atomic E-state index is 6.57. The number of hydrogen-bond donors (Lipinski definition) is 0. The predicted molar refractivity (Wildman–Crippen MR) is 263 cm³/mol. The van der Waals surface area contributed by atoms with Crippen molar-refractivity contribution in [3.05, 3.63) is 237 Å². The van der Waals surface area contributed by atoms with Gasteiger partial charge in [0.25, 0.3) is 0 Å². The van der Waals surface area contributed by atoms with Crippen LogP contribution in [-0.2, 0) is 0 Å². The summed E-state index contributed by atoms with van der Waals surface area (Å²) >= 11 is 0. The van der Waals surface area contributed by atoms with Gasteiger partial charge in [-0.1, -0.05) is 176 Å². The molecule has 290 valence electrons. The molecule has 2 nitrogen and oxygen atoms in total. The van der Waals surface area contributed by atoms with Crippen LogP contribution in [-0.4, -0.2) is 0 Å². The quantitative estimate of drug-likeness (QED) is 0.160. The lowest BCUT2D eigenvalue weighted by molar-refractivity contribution is 0.669. The lowest BCUT2D eigenvalue weighted by Gasteiger charge is -2.28. The van der Waals surface area contributed by atoms with E-state index in [0.717, 1.165) is 55.7 Å². The van der Waals surface area contributed by atoms with Gasteiger partial charge in [-0.15, -0.1) is 0 Å². The Morgan fingerprint density at radius 2 is 0.806 bits per heavy atom. The SMILES string of the molecule is c1cc(-c2ccc(N(c3ccc(-c4ccc5ccccc5c4)cc3)c3ccccc3-c3cccc4oc5cc6ccccc6cc5c34)cc2)cc(-c2cccc3ccccc23)c1. The summed E-state index contributed by atoms with van der Waals surface area (Å²) in [6.07, 6.45) is 0. The average Bonchev–Trinajstić information content (AvgIpc) is 3.71. The largest absolute Gasteiger partial charge is 0.456 e. The monoisotopic (exact) mass is 789 g/mol. The molecule has 62 heavy (non-hydrogen) atoms. The molecule has 12 rings (SSSR count). The second kappa shape index (κ2) is 14.8. The highest BCUT2D eigenvalue weighted by Crippen LogP contribution is 2.46. The molecule has 0 atom stereocenters. The molecule has 1 aromatic heterocycles. The molecule has 2 heteroatoms. The summed E-state index contributed by atoms with van der Waals surface area (Å²) in [6, 6.07) is 85.5. The standard InChI is InChI=1S/C60H39NO/c1-2-14-44-36-48(27-26-40(44)12-1)42-30-34-51(35-31-42)61(50-32-28-41(29-33-50)45-18-9-19-49(37-45)53-22-10-17-43-13-5-6-20-52(43)53)57-24-8-7-21-54(57)55-23-11-25-58-60(55)56-38-46-15-3-4-16-47(46)39-59(56)62-58/h1-39H. The molecule has 11 aromatic carbocycles. The van der Waals surface area contributed by atoms with Gasteiger partial charge in [-0.3, -0.25) is 0 Å². The second-order valence-electron chi connectivity index (χ2n) is 16.1. The average molecular weight is 790 g/mol. The third-order valence-corrected chi connectivity index (χ3v) is 12.4. The summed E-state index contributed by atoms with van der Waals surface area (Å²) in [4.78, 5) is 2.40. The van der Waals surface area contributed by atoms with Gasteiger partial charge in [-0.25, -0.2) is 0 Å². The van der Waals surface area contributed by atoms with E-state index in [1.165, 1.54) is 60.1 Å². The molecule has 0 aliphatic heterocycles. The maximum atomic E-state index is 6.57. The smallest absolute Gasteiger partial charge is 0.136 e. The number of furan rings is 1. The van der Waals surface area contributed by atoms with Crippen molar-refractivity contribution in [2.45, 2.75) is 0 Å². The van der Waals surface area contributed by atoms with Crippen LogP contribution in [0.4, 0.5) is 17.1 Å². The van der Waals surface area contributed by atoms with E-state index in [1.807, 2.05) is 0 Å². The van der Waals surface area contributed by atoms with E-state index in [1.54, 1.807) is 0 Å². The second-order valence-corrected chi connectivity index (χ2v) is 16.1.